The third-order valence-electron chi connectivity index (χ3n) is 3.31. The van der Waals surface area contributed by atoms with Gasteiger partial charge >= 0.3 is 0 Å². The summed E-state index contributed by atoms with van der Waals surface area (Å²) >= 11 is 3.53. The van der Waals surface area contributed by atoms with Gasteiger partial charge in [0.1, 0.15) is 0 Å². The highest BCUT2D eigenvalue weighted by Gasteiger charge is 2.13. The largest absolute Gasteiger partial charge is 0.477 e. The topological polar surface area (TPSA) is 37.7 Å². The molecule has 6 heteroatoms. The normalized spacial score (nSPS) is 12.0. The molecule has 0 radical (unpaired) electrons. The number of ether oxygens (including phenoxy) is 1. The SMILES string of the molecule is CCN(C)/C=N/c1cc(Br)c(OCCC[Si](C)(C)C)nc1C. The predicted molar refractivity (Wildman–Crippen MR) is 101 cm³/mol. The van der Waals surface area contributed by atoms with Crippen molar-refractivity contribution in [3.63, 3.8) is 0 Å². The zero-order chi connectivity index (χ0) is 16.8. The van der Waals surface area contributed by atoms with E-state index in [1.165, 1.54) is 6.04 Å². The molecule has 4 nitrogen and oxygen atoms in total. The second-order valence-electron chi connectivity index (χ2n) is 6.71. The minimum atomic E-state index is -0.990. The molecule has 0 atom stereocenters. The standard InChI is InChI=1S/C16H28BrN3OSi/c1-7-20(3)12-18-15-11-14(17)16(19-13(15)2)21-9-8-10-22(4,5)6/h11-12H,7-10H2,1-6H3/b18-12+. The van der Waals surface area contributed by atoms with Crippen LogP contribution >= 0.6 is 15.9 Å². The van der Waals surface area contributed by atoms with Gasteiger partial charge in [-0.05, 0) is 42.3 Å². The second kappa shape index (κ2) is 8.67. The van der Waals surface area contributed by atoms with E-state index in [-0.39, 0.29) is 0 Å². The van der Waals surface area contributed by atoms with Crippen LogP contribution in [0.1, 0.15) is 19.0 Å². The van der Waals surface area contributed by atoms with E-state index in [2.05, 4.69) is 52.5 Å². The first-order chi connectivity index (χ1) is 10.2. The summed E-state index contributed by atoms with van der Waals surface area (Å²) in [5.74, 6) is 0.663. The van der Waals surface area contributed by atoms with Crippen molar-refractivity contribution in [1.82, 2.24) is 9.88 Å². The number of nitrogens with zero attached hydrogens (tertiary/aromatic N) is 3. The summed E-state index contributed by atoms with van der Waals surface area (Å²) < 4.78 is 6.68. The molecule has 0 saturated heterocycles. The fourth-order valence-electron chi connectivity index (χ4n) is 1.79. The van der Waals surface area contributed by atoms with Gasteiger partial charge in [-0.3, -0.25) is 0 Å². The zero-order valence-corrected chi connectivity index (χ0v) is 17.2. The highest BCUT2D eigenvalue weighted by atomic mass is 79.9. The van der Waals surface area contributed by atoms with Gasteiger partial charge in [-0.25, -0.2) is 9.98 Å². The summed E-state index contributed by atoms with van der Waals surface area (Å²) in [6.07, 6.45) is 2.91. The number of hydrogen-bond acceptors (Lipinski definition) is 3. The van der Waals surface area contributed by atoms with Crippen molar-refractivity contribution >= 4 is 36.0 Å². The van der Waals surface area contributed by atoms with Crippen molar-refractivity contribution in [2.24, 2.45) is 4.99 Å². The highest BCUT2D eigenvalue weighted by molar-refractivity contribution is 9.10. The van der Waals surface area contributed by atoms with Gasteiger partial charge in [0.15, 0.2) is 0 Å². The van der Waals surface area contributed by atoms with E-state index >= 15 is 0 Å². The molecule has 0 aliphatic carbocycles. The van der Waals surface area contributed by atoms with Crippen LogP contribution in [0.5, 0.6) is 5.88 Å². The zero-order valence-electron chi connectivity index (χ0n) is 14.6. The lowest BCUT2D eigenvalue weighted by Gasteiger charge is -2.16. The Hall–Kier alpha value is -0.883. The lowest BCUT2D eigenvalue weighted by Crippen LogP contribution is -2.20. The van der Waals surface area contributed by atoms with E-state index in [0.29, 0.717) is 5.88 Å². The molecule has 0 unspecified atom stereocenters. The van der Waals surface area contributed by atoms with Crippen molar-refractivity contribution in [2.75, 3.05) is 20.2 Å². The molecular weight excluding hydrogens is 358 g/mol. The fourth-order valence-corrected chi connectivity index (χ4v) is 3.42. The number of aromatic nitrogens is 1. The van der Waals surface area contributed by atoms with Gasteiger partial charge in [0.2, 0.25) is 5.88 Å². The molecule has 0 aliphatic rings. The lowest BCUT2D eigenvalue weighted by atomic mass is 10.3. The summed E-state index contributed by atoms with van der Waals surface area (Å²) in [5.41, 5.74) is 1.74. The highest BCUT2D eigenvalue weighted by Crippen LogP contribution is 2.29. The van der Waals surface area contributed by atoms with E-state index in [4.69, 9.17) is 4.74 Å². The summed E-state index contributed by atoms with van der Waals surface area (Å²) in [6.45, 7) is 12.8. The van der Waals surface area contributed by atoms with Crippen LogP contribution in [0, 0.1) is 6.92 Å². The van der Waals surface area contributed by atoms with Crippen LogP contribution < -0.4 is 4.74 Å². The van der Waals surface area contributed by atoms with Crippen LogP contribution in [-0.4, -0.2) is 44.5 Å². The number of pyridine rings is 1. The Morgan fingerprint density at radius 1 is 1.41 bits per heavy atom. The summed E-state index contributed by atoms with van der Waals surface area (Å²) in [4.78, 5) is 11.0. The summed E-state index contributed by atoms with van der Waals surface area (Å²) in [7, 11) is 1.01. The van der Waals surface area contributed by atoms with Crippen LogP contribution in [-0.2, 0) is 0 Å². The van der Waals surface area contributed by atoms with Gasteiger partial charge in [-0.2, -0.15) is 0 Å². The minimum Gasteiger partial charge on any atom is -0.477 e. The Bertz CT molecular complexity index is 515. The van der Waals surface area contributed by atoms with E-state index in [9.17, 15) is 0 Å². The lowest BCUT2D eigenvalue weighted by molar-refractivity contribution is 0.302. The van der Waals surface area contributed by atoms with Crippen molar-refractivity contribution in [3.05, 3.63) is 16.2 Å². The maximum Gasteiger partial charge on any atom is 0.228 e. The number of aliphatic imine (C=N–C) groups is 1. The number of halogens is 1. The molecular formula is C16H28BrN3OSi. The first-order valence-corrected chi connectivity index (χ1v) is 12.3. The van der Waals surface area contributed by atoms with Crippen LogP contribution in [0.25, 0.3) is 0 Å². The van der Waals surface area contributed by atoms with Crippen molar-refractivity contribution in [2.45, 2.75) is 46.0 Å². The molecule has 1 aromatic rings. The van der Waals surface area contributed by atoms with Crippen LogP contribution in [0.3, 0.4) is 0 Å². The second-order valence-corrected chi connectivity index (χ2v) is 13.2. The average Bonchev–Trinajstić information content (AvgIpc) is 2.43. The van der Waals surface area contributed by atoms with E-state index in [0.717, 1.165) is 35.4 Å². The quantitative estimate of drug-likeness (QED) is 0.277. The van der Waals surface area contributed by atoms with Gasteiger partial charge in [0.25, 0.3) is 0 Å². The van der Waals surface area contributed by atoms with E-state index in [1.807, 2.05) is 31.3 Å². The van der Waals surface area contributed by atoms with Gasteiger partial charge in [0.05, 0.1) is 28.8 Å². The fraction of sp³-hybridized carbons (Fsp3) is 0.625. The Labute approximate surface area is 144 Å². The van der Waals surface area contributed by atoms with Crippen molar-refractivity contribution < 1.29 is 4.74 Å². The van der Waals surface area contributed by atoms with E-state index < -0.39 is 8.07 Å². The first kappa shape index (κ1) is 19.2. The maximum atomic E-state index is 5.82. The number of hydrogen-bond donors (Lipinski definition) is 0. The molecule has 124 valence electrons. The van der Waals surface area contributed by atoms with Gasteiger partial charge in [0, 0.05) is 21.7 Å². The molecule has 0 aromatic carbocycles. The Balaban J connectivity index is 2.67. The van der Waals surface area contributed by atoms with Crippen LogP contribution in [0.4, 0.5) is 5.69 Å². The Kier molecular flexibility index (Phi) is 7.55. The van der Waals surface area contributed by atoms with E-state index in [1.54, 1.807) is 0 Å². The summed E-state index contributed by atoms with van der Waals surface area (Å²) in [5, 5.41) is 0. The monoisotopic (exact) mass is 385 g/mol. The minimum absolute atomic E-state index is 0.663. The smallest absolute Gasteiger partial charge is 0.228 e. The Morgan fingerprint density at radius 2 is 2.09 bits per heavy atom. The molecule has 0 amide bonds. The molecule has 0 spiro atoms. The Morgan fingerprint density at radius 3 is 2.68 bits per heavy atom. The third kappa shape index (κ3) is 6.92. The molecule has 0 N–H and O–H groups in total. The first-order valence-electron chi connectivity index (χ1n) is 7.77. The summed E-state index contributed by atoms with van der Waals surface area (Å²) in [6, 6.07) is 3.24. The van der Waals surface area contributed by atoms with Gasteiger partial charge in [-0.15, -0.1) is 0 Å². The molecule has 1 rings (SSSR count). The van der Waals surface area contributed by atoms with Gasteiger partial charge < -0.3 is 9.64 Å². The molecule has 0 saturated carbocycles. The van der Waals surface area contributed by atoms with Crippen LogP contribution in [0.15, 0.2) is 15.5 Å². The third-order valence-corrected chi connectivity index (χ3v) is 5.73. The molecule has 0 fully saturated rings. The molecule has 1 heterocycles. The van der Waals surface area contributed by atoms with Gasteiger partial charge in [-0.1, -0.05) is 25.7 Å². The predicted octanol–water partition coefficient (Wildman–Crippen LogP) is 4.87. The number of rotatable bonds is 8. The average molecular weight is 386 g/mol. The van der Waals surface area contributed by atoms with Crippen LogP contribution in [0.2, 0.25) is 25.7 Å². The van der Waals surface area contributed by atoms with Crippen molar-refractivity contribution in [3.8, 4) is 5.88 Å². The number of aryl methyl sites for hydroxylation is 1. The molecule has 0 bridgehead atoms. The molecule has 0 aliphatic heterocycles. The molecule has 22 heavy (non-hydrogen) atoms. The molecule has 1 aromatic heterocycles. The van der Waals surface area contributed by atoms with Crippen molar-refractivity contribution in [1.29, 1.82) is 0 Å². The maximum absolute atomic E-state index is 5.82.